The van der Waals surface area contributed by atoms with E-state index in [0.717, 1.165) is 168 Å². The number of hydrogen-bond donors (Lipinski definition) is 6. The van der Waals surface area contributed by atoms with Crippen LogP contribution in [0.15, 0.2) is 236 Å². The third-order valence-electron chi connectivity index (χ3n) is 21.9. The Morgan fingerprint density at radius 1 is 0.248 bits per heavy atom. The van der Waals surface area contributed by atoms with E-state index in [1.165, 1.54) is 0 Å². The van der Waals surface area contributed by atoms with Crippen LogP contribution in [0.5, 0.6) is 0 Å². The third-order valence-corrected chi connectivity index (χ3v) is 28.0. The highest BCUT2D eigenvalue weighted by Crippen LogP contribution is 2.42. The lowest BCUT2D eigenvalue weighted by Gasteiger charge is -2.12. The van der Waals surface area contributed by atoms with E-state index in [-0.39, 0.29) is 72.1 Å². The smallest absolute Gasteiger partial charge is 0.196 e. The molecule has 0 unspecified atom stereocenters. The zero-order chi connectivity index (χ0) is 93.0. The second-order valence-corrected chi connectivity index (χ2v) is 36.1. The van der Waals surface area contributed by atoms with Crippen molar-refractivity contribution in [1.82, 2.24) is 30.2 Å². The molecule has 11 aromatic carbocycles. The van der Waals surface area contributed by atoms with E-state index < -0.39 is 63.6 Å². The predicted octanol–water partition coefficient (Wildman–Crippen LogP) is 26.1. The van der Waals surface area contributed by atoms with Crippen LogP contribution in [0.2, 0.25) is 0 Å². The second kappa shape index (κ2) is 39.7. The van der Waals surface area contributed by atoms with E-state index in [2.05, 4.69) is 70.7 Å². The Bertz CT molecular complexity index is 8550. The first-order valence-corrected chi connectivity index (χ1v) is 46.7. The van der Waals surface area contributed by atoms with Gasteiger partial charge in [0.1, 0.15) is 87.3 Å². The van der Waals surface area contributed by atoms with Crippen molar-refractivity contribution < 1.29 is 43.9 Å². The molecular weight excluding hydrogens is 1810 g/mol. The van der Waals surface area contributed by atoms with Crippen molar-refractivity contribution in [3.63, 3.8) is 0 Å². The molecule has 31 heteroatoms. The molecule has 0 aliphatic heterocycles. The Balaban J connectivity index is 0.000000116. The number of aromatic nitrogens is 5. The van der Waals surface area contributed by atoms with Gasteiger partial charge in [-0.25, -0.2) is 68.8 Å². The fourth-order valence-electron chi connectivity index (χ4n) is 15.8. The number of unbranched alkanes of at least 4 members (excludes halogenated alkanes) is 1. The topological polar surface area (TPSA) is 222 Å². The lowest BCUT2D eigenvalue weighted by molar-refractivity contribution is 0.592. The summed E-state index contributed by atoms with van der Waals surface area (Å²) in [6.45, 7) is 13.2. The van der Waals surface area contributed by atoms with Crippen LogP contribution in [0.1, 0.15) is 65.4 Å². The van der Waals surface area contributed by atoms with Crippen molar-refractivity contribution in [2.24, 2.45) is 0 Å². The van der Waals surface area contributed by atoms with Gasteiger partial charge in [0.05, 0.1) is 102 Å². The van der Waals surface area contributed by atoms with E-state index in [4.69, 9.17) is 0 Å². The van der Waals surface area contributed by atoms with Crippen LogP contribution in [0.4, 0.5) is 73.0 Å². The minimum absolute atomic E-state index is 0.0466. The van der Waals surface area contributed by atoms with Crippen molar-refractivity contribution in [2.45, 2.75) is 66.3 Å². The molecule has 133 heavy (non-hydrogen) atoms. The monoisotopic (exact) mass is 1890 g/mol. The number of hydrogen-bond acceptors (Lipinski definition) is 21. The molecule has 16 nitrogen and oxygen atoms in total. The summed E-state index contributed by atoms with van der Waals surface area (Å²) in [7, 11) is 0. The highest BCUT2D eigenvalue weighted by atomic mass is 32.1. The molecule has 0 saturated heterocycles. The number of para-hydroxylation sites is 5. The average Bonchev–Trinajstić information content (AvgIpc) is 0.756. The number of fused-ring (bicyclic) bond motifs is 20. The van der Waals surface area contributed by atoms with Gasteiger partial charge in [-0.05, 0) is 112 Å². The average molecular weight is 1890 g/mol. The van der Waals surface area contributed by atoms with Crippen LogP contribution in [-0.4, -0.2) is 64.2 Å². The Morgan fingerprint density at radius 2 is 0.504 bits per heavy atom. The minimum Gasteiger partial charge on any atom is -0.369 e. The molecule has 0 bridgehead atoms. The van der Waals surface area contributed by atoms with Crippen LogP contribution in [0, 0.1) is 58.2 Å². The molecule has 6 N–H and O–H groups in total. The first-order chi connectivity index (χ1) is 64.5. The van der Waals surface area contributed by atoms with Gasteiger partial charge in [0.2, 0.25) is 0 Å². The van der Waals surface area contributed by atoms with Crippen molar-refractivity contribution in [2.75, 3.05) is 65.9 Å². The van der Waals surface area contributed by atoms with Crippen molar-refractivity contribution in [3.05, 3.63) is 327 Å². The molecule has 0 saturated carbocycles. The number of benzene rings is 11. The SMILES string of the molecule is CCCCNc1nc2ccccc2c2c(=O)c3cc(F)cc(F)c3sc12.CCCNCCCNc1nc2ccccc2c2c(=O)c3cc(F)cc(F)c3sc12.CCCNc1nc2ccccc2c2c(=O)c3cc(F)cc(F)c3sc12.CCNc1nc2ccccc2c2c(=O)c3cc(F)cc(F)c3sc12.O=c1c2cc(F)cc(F)c2sc2c(NCc3ccccc3)nc3ccccc3c12. The van der Waals surface area contributed by atoms with Gasteiger partial charge in [-0.2, -0.15) is 0 Å². The molecule has 21 rings (SSSR count). The number of halogens is 10. The summed E-state index contributed by atoms with van der Waals surface area (Å²) in [5, 5.41) is 25.5. The van der Waals surface area contributed by atoms with Crippen molar-refractivity contribution in [1.29, 1.82) is 0 Å². The van der Waals surface area contributed by atoms with Gasteiger partial charge < -0.3 is 31.9 Å². The molecule has 10 aromatic heterocycles. The second-order valence-electron chi connectivity index (χ2n) is 31.0. The molecule has 0 atom stereocenters. The van der Waals surface area contributed by atoms with Crippen LogP contribution < -0.4 is 59.0 Å². The summed E-state index contributed by atoms with van der Waals surface area (Å²) in [5.74, 6) is -4.70. The lowest BCUT2D eigenvalue weighted by Crippen LogP contribution is -2.19. The number of rotatable bonds is 19. The van der Waals surface area contributed by atoms with Gasteiger partial charge in [-0.1, -0.05) is 149 Å². The quantitative estimate of drug-likeness (QED) is 0.0192. The molecular formula is C102H77F10N11O5S5. The minimum atomic E-state index is -0.764. The van der Waals surface area contributed by atoms with E-state index in [9.17, 15) is 67.9 Å². The first-order valence-electron chi connectivity index (χ1n) is 42.7. The highest BCUT2D eigenvalue weighted by Gasteiger charge is 2.25. The molecule has 0 aliphatic carbocycles. The molecule has 0 fully saturated rings. The number of nitrogens with zero attached hydrogens (tertiary/aromatic N) is 5. The Hall–Kier alpha value is -13.8. The van der Waals surface area contributed by atoms with Gasteiger partial charge in [0.15, 0.2) is 27.1 Å². The van der Waals surface area contributed by atoms with Gasteiger partial charge >= 0.3 is 0 Å². The molecule has 0 spiro atoms. The van der Waals surface area contributed by atoms with Crippen LogP contribution in [-0.2, 0) is 6.54 Å². The van der Waals surface area contributed by atoms with Gasteiger partial charge in [0, 0.05) is 117 Å². The van der Waals surface area contributed by atoms with Gasteiger partial charge in [-0.3, -0.25) is 24.0 Å². The number of pyridine rings is 5. The van der Waals surface area contributed by atoms with Gasteiger partial charge in [0.25, 0.3) is 0 Å². The van der Waals surface area contributed by atoms with Crippen molar-refractivity contribution in [3.8, 4) is 0 Å². The Morgan fingerprint density at radius 3 is 0.782 bits per heavy atom. The standard InChI is InChI=1S/C23H14F2N2OS.C22H21F2N3OS.C20H16F2N2OS.C19H14F2N2OS.C18H12F2N2OS/c24-14-10-16-20(28)19-15-8-4-5-9-18(15)27-23(22(19)29-21(16)17(25)11-14)26-12-13-6-2-1-3-7-13;1-2-8-25-9-5-10-26-22-21-18(14-6-3-4-7-17(14)27-22)19(28)15-11-13(23)12-16(24)20(15)29-21;1-2-3-8-23-20-19-16(12-6-4-5-7-15(12)24-20)17(25)13-9-11(21)10-14(22)18(13)26-19;1-2-7-22-19-18-15(11-5-3-4-6-14(11)23-19)16(24)12-8-10(20)9-13(21)17(12)25-18;1-2-21-18-17-14(10-5-3-4-6-13(10)22-18)15(23)11-7-9(19)8-12(20)16(11)24-17/h1-11H,12H2,(H,26,27);3-4,6-7,11-12,25H,2,5,8-10H2,1H3,(H,26,27);4-7,9-10H,2-3,8H2,1H3,(H,23,24);3-6,8-9H,2,7H2,1H3,(H,22,23);3-8H,2H2,1H3,(H,21,22). The number of anilines is 5. The fraction of sp³-hybridized carbons (Fsp3) is 0.157. The fourth-order valence-corrected chi connectivity index (χ4v) is 21.5. The molecule has 0 aliphatic rings. The number of nitrogens with one attached hydrogen (secondary N) is 6. The Labute approximate surface area is 769 Å². The van der Waals surface area contributed by atoms with Crippen molar-refractivity contribution >= 4 is 241 Å². The predicted molar refractivity (Wildman–Crippen MR) is 530 cm³/mol. The maximum absolute atomic E-state index is 14.4. The zero-order valence-corrected chi connectivity index (χ0v) is 75.4. The Kier molecular flexibility index (Phi) is 27.2. The summed E-state index contributed by atoms with van der Waals surface area (Å²) in [5.41, 5.74) is 2.50. The summed E-state index contributed by atoms with van der Waals surface area (Å²) in [4.78, 5) is 88.7. The lowest BCUT2D eigenvalue weighted by atomic mass is 10.1. The summed E-state index contributed by atoms with van der Waals surface area (Å²) >= 11 is 5.62. The third kappa shape index (κ3) is 18.4. The molecule has 10 heterocycles. The normalized spacial score (nSPS) is 11.5. The maximum Gasteiger partial charge on any atom is 0.196 e. The van der Waals surface area contributed by atoms with E-state index in [1.54, 1.807) is 12.1 Å². The van der Waals surface area contributed by atoms with E-state index in [0.29, 0.717) is 167 Å². The van der Waals surface area contributed by atoms with E-state index >= 15 is 0 Å². The molecule has 21 aromatic rings. The summed E-state index contributed by atoms with van der Waals surface area (Å²) in [6.07, 6.45) is 4.83. The zero-order valence-electron chi connectivity index (χ0n) is 71.3. The molecule has 0 radical (unpaired) electrons. The first kappa shape index (κ1) is 91.1. The largest absolute Gasteiger partial charge is 0.369 e. The van der Waals surface area contributed by atoms with Crippen LogP contribution >= 0.6 is 56.7 Å². The highest BCUT2D eigenvalue weighted by molar-refractivity contribution is 7.27. The van der Waals surface area contributed by atoms with Gasteiger partial charge in [-0.15, -0.1) is 56.7 Å². The van der Waals surface area contributed by atoms with Crippen LogP contribution in [0.3, 0.4) is 0 Å². The molecule has 670 valence electrons. The summed E-state index contributed by atoms with van der Waals surface area (Å²) in [6, 6.07) is 55.9. The summed E-state index contributed by atoms with van der Waals surface area (Å²) < 4.78 is 144. The maximum atomic E-state index is 14.4. The molecule has 0 amide bonds. The van der Waals surface area contributed by atoms with E-state index in [1.807, 2.05) is 153 Å². The van der Waals surface area contributed by atoms with Crippen LogP contribution in [0.25, 0.3) is 155 Å².